The minimum Gasteiger partial charge on any atom is -0.369 e. The Bertz CT molecular complexity index is 209. The number of carbonyl (C=O) groups is 1. The van der Waals surface area contributed by atoms with Crippen LogP contribution in [0.25, 0.3) is 0 Å². The van der Waals surface area contributed by atoms with Gasteiger partial charge in [-0.05, 0) is 20.3 Å². The van der Waals surface area contributed by atoms with E-state index < -0.39 is 0 Å². The number of nitriles is 1. The minimum atomic E-state index is -0.152. The van der Waals surface area contributed by atoms with E-state index in [1.54, 1.807) is 0 Å². The third-order valence-electron chi connectivity index (χ3n) is 1.74. The van der Waals surface area contributed by atoms with Crippen LogP contribution in [0, 0.1) is 11.3 Å². The molecule has 4 nitrogen and oxygen atoms in total. The van der Waals surface area contributed by atoms with Gasteiger partial charge in [0.1, 0.15) is 6.61 Å². The summed E-state index contributed by atoms with van der Waals surface area (Å²) in [7, 11) is 0. The lowest BCUT2D eigenvalue weighted by atomic mass is 10.2. The molecule has 1 amide bonds. The molecule has 0 rings (SSSR count). The first-order chi connectivity index (χ1) is 6.60. The Morgan fingerprint density at radius 1 is 1.57 bits per heavy atom. The second-order valence-corrected chi connectivity index (χ2v) is 3.39. The van der Waals surface area contributed by atoms with Gasteiger partial charge < -0.3 is 10.1 Å². The predicted octanol–water partition coefficient (Wildman–Crippen LogP) is 1.22. The molecule has 0 radical (unpaired) electrons. The van der Waals surface area contributed by atoms with Crippen LogP contribution in [0.5, 0.6) is 0 Å². The van der Waals surface area contributed by atoms with Gasteiger partial charge in [-0.2, -0.15) is 5.26 Å². The monoisotopic (exact) mass is 198 g/mol. The van der Waals surface area contributed by atoms with Gasteiger partial charge in [-0.3, -0.25) is 4.79 Å². The molecule has 0 aromatic carbocycles. The number of hydrogen-bond donors (Lipinski definition) is 1. The fourth-order valence-corrected chi connectivity index (χ4v) is 0.919. The third-order valence-corrected chi connectivity index (χ3v) is 1.74. The first-order valence-corrected chi connectivity index (χ1v) is 4.88. The highest BCUT2D eigenvalue weighted by molar-refractivity contribution is 5.77. The second-order valence-electron chi connectivity index (χ2n) is 3.39. The van der Waals surface area contributed by atoms with Crippen LogP contribution in [0.15, 0.2) is 0 Å². The summed E-state index contributed by atoms with van der Waals surface area (Å²) >= 11 is 0. The average Bonchev–Trinajstić information content (AvgIpc) is 2.14. The Labute approximate surface area is 85.2 Å². The normalized spacial score (nSPS) is 12.2. The zero-order valence-electron chi connectivity index (χ0n) is 9.04. The first kappa shape index (κ1) is 12.9. The number of nitrogens with zero attached hydrogens (tertiary/aromatic N) is 1. The van der Waals surface area contributed by atoms with Crippen LogP contribution in [0.3, 0.4) is 0 Å². The highest BCUT2D eigenvalue weighted by Gasteiger charge is 2.10. The van der Waals surface area contributed by atoms with E-state index in [1.807, 2.05) is 26.8 Å². The van der Waals surface area contributed by atoms with Gasteiger partial charge in [0.25, 0.3) is 0 Å². The molecule has 0 aliphatic carbocycles. The molecule has 0 aliphatic heterocycles. The summed E-state index contributed by atoms with van der Waals surface area (Å²) in [5, 5.41) is 11.2. The molecule has 14 heavy (non-hydrogen) atoms. The summed E-state index contributed by atoms with van der Waals surface area (Å²) in [6.45, 7) is 5.75. The highest BCUT2D eigenvalue weighted by Crippen LogP contribution is 1.96. The molecule has 0 fully saturated rings. The number of hydrogen-bond acceptors (Lipinski definition) is 3. The molecule has 0 aliphatic rings. The molecule has 0 heterocycles. The summed E-state index contributed by atoms with van der Waals surface area (Å²) < 4.78 is 5.13. The predicted molar refractivity (Wildman–Crippen MR) is 53.5 cm³/mol. The van der Waals surface area contributed by atoms with Crippen molar-refractivity contribution in [3.8, 4) is 6.07 Å². The van der Waals surface area contributed by atoms with Crippen molar-refractivity contribution in [1.29, 1.82) is 5.26 Å². The molecule has 1 unspecified atom stereocenters. The van der Waals surface area contributed by atoms with Crippen LogP contribution in [-0.2, 0) is 9.53 Å². The largest absolute Gasteiger partial charge is 0.369 e. The van der Waals surface area contributed by atoms with Crippen molar-refractivity contribution in [2.24, 2.45) is 0 Å². The maximum atomic E-state index is 11.2. The van der Waals surface area contributed by atoms with Crippen LogP contribution in [0.4, 0.5) is 0 Å². The number of amides is 1. The van der Waals surface area contributed by atoms with Crippen molar-refractivity contribution in [3.05, 3.63) is 0 Å². The standard InChI is InChI=1S/C10H18N2O2/c1-4-9(5-6-11)12-10(13)7-14-8(2)3/h8-9H,4-5,7H2,1-3H3,(H,12,13). The van der Waals surface area contributed by atoms with Crippen molar-refractivity contribution in [2.45, 2.75) is 45.8 Å². The van der Waals surface area contributed by atoms with Gasteiger partial charge in [-0.15, -0.1) is 0 Å². The summed E-state index contributed by atoms with van der Waals surface area (Å²) in [5.74, 6) is -0.152. The Balaban J connectivity index is 3.74. The van der Waals surface area contributed by atoms with E-state index in [2.05, 4.69) is 5.32 Å². The number of carbonyl (C=O) groups excluding carboxylic acids is 1. The van der Waals surface area contributed by atoms with Crippen molar-refractivity contribution >= 4 is 5.91 Å². The number of nitrogens with one attached hydrogen (secondary N) is 1. The van der Waals surface area contributed by atoms with E-state index in [1.165, 1.54) is 0 Å². The van der Waals surface area contributed by atoms with Gasteiger partial charge in [0, 0.05) is 6.04 Å². The molecular weight excluding hydrogens is 180 g/mol. The lowest BCUT2D eigenvalue weighted by Gasteiger charge is -2.14. The van der Waals surface area contributed by atoms with Gasteiger partial charge in [0.2, 0.25) is 5.91 Å². The molecule has 1 atom stereocenters. The molecule has 0 bridgehead atoms. The van der Waals surface area contributed by atoms with E-state index in [9.17, 15) is 4.79 Å². The van der Waals surface area contributed by atoms with Crippen LogP contribution in [0.1, 0.15) is 33.6 Å². The molecule has 0 saturated carbocycles. The van der Waals surface area contributed by atoms with Crippen molar-refractivity contribution < 1.29 is 9.53 Å². The summed E-state index contributed by atoms with van der Waals surface area (Å²) in [6.07, 6.45) is 1.17. The van der Waals surface area contributed by atoms with Gasteiger partial charge in [0.15, 0.2) is 0 Å². The van der Waals surface area contributed by atoms with Crippen molar-refractivity contribution in [1.82, 2.24) is 5.32 Å². The van der Waals surface area contributed by atoms with Crippen molar-refractivity contribution in [3.63, 3.8) is 0 Å². The van der Waals surface area contributed by atoms with Gasteiger partial charge in [0.05, 0.1) is 18.6 Å². The molecule has 4 heteroatoms. The average molecular weight is 198 g/mol. The zero-order valence-corrected chi connectivity index (χ0v) is 9.04. The van der Waals surface area contributed by atoms with Crippen LogP contribution in [-0.4, -0.2) is 24.7 Å². The van der Waals surface area contributed by atoms with E-state index in [0.717, 1.165) is 6.42 Å². The zero-order chi connectivity index (χ0) is 11.0. The van der Waals surface area contributed by atoms with Gasteiger partial charge in [-0.25, -0.2) is 0 Å². The lowest BCUT2D eigenvalue weighted by Crippen LogP contribution is -2.37. The quantitative estimate of drug-likeness (QED) is 0.698. The van der Waals surface area contributed by atoms with E-state index in [4.69, 9.17) is 10.00 Å². The third kappa shape index (κ3) is 6.44. The maximum absolute atomic E-state index is 11.2. The Morgan fingerprint density at radius 2 is 2.21 bits per heavy atom. The molecular formula is C10H18N2O2. The van der Waals surface area contributed by atoms with Crippen molar-refractivity contribution in [2.75, 3.05) is 6.61 Å². The summed E-state index contributed by atoms with van der Waals surface area (Å²) in [4.78, 5) is 11.2. The SMILES string of the molecule is CCC(CC#N)NC(=O)COC(C)C. The number of ether oxygens (including phenoxy) is 1. The molecule has 0 spiro atoms. The molecule has 1 N–H and O–H groups in total. The second kappa shape index (κ2) is 7.34. The topological polar surface area (TPSA) is 62.1 Å². The highest BCUT2D eigenvalue weighted by atomic mass is 16.5. The summed E-state index contributed by atoms with van der Waals surface area (Å²) in [6, 6.07) is 1.98. The van der Waals surface area contributed by atoms with E-state index >= 15 is 0 Å². The van der Waals surface area contributed by atoms with Crippen LogP contribution >= 0.6 is 0 Å². The summed E-state index contributed by atoms with van der Waals surface area (Å²) in [5.41, 5.74) is 0. The van der Waals surface area contributed by atoms with Crippen LogP contribution < -0.4 is 5.32 Å². The minimum absolute atomic E-state index is 0.0525. The maximum Gasteiger partial charge on any atom is 0.246 e. The molecule has 80 valence electrons. The Hall–Kier alpha value is -1.08. The fourth-order valence-electron chi connectivity index (χ4n) is 0.919. The van der Waals surface area contributed by atoms with E-state index in [0.29, 0.717) is 6.42 Å². The molecule has 0 saturated heterocycles. The first-order valence-electron chi connectivity index (χ1n) is 4.88. The smallest absolute Gasteiger partial charge is 0.246 e. The molecule has 0 aromatic rings. The van der Waals surface area contributed by atoms with Gasteiger partial charge >= 0.3 is 0 Å². The lowest BCUT2D eigenvalue weighted by molar-refractivity contribution is -0.127. The Morgan fingerprint density at radius 3 is 2.64 bits per heavy atom. The fraction of sp³-hybridized carbons (Fsp3) is 0.800. The van der Waals surface area contributed by atoms with Gasteiger partial charge in [-0.1, -0.05) is 6.92 Å². The Kier molecular flexibility index (Phi) is 6.77. The van der Waals surface area contributed by atoms with Crippen LogP contribution in [0.2, 0.25) is 0 Å². The van der Waals surface area contributed by atoms with E-state index in [-0.39, 0.29) is 24.7 Å². The molecule has 0 aromatic heterocycles. The number of rotatable bonds is 6.